The van der Waals surface area contributed by atoms with Gasteiger partial charge in [-0.15, -0.1) is 11.8 Å². The van der Waals surface area contributed by atoms with E-state index in [0.717, 1.165) is 17.5 Å². The highest BCUT2D eigenvalue weighted by Crippen LogP contribution is 2.20. The third kappa shape index (κ3) is 20.2. The number of amides is 5. The Morgan fingerprint density at radius 2 is 1.28 bits per heavy atom. The highest BCUT2D eigenvalue weighted by molar-refractivity contribution is 8.00. The molecule has 0 aliphatic heterocycles. The van der Waals surface area contributed by atoms with Gasteiger partial charge in [0.2, 0.25) is 29.5 Å². The SMILES string of the molecule is CC(C)CCC(=O)N[C@H](C(=O)N[C@@H](C)C(=O)NC(CSCC(=O)NCC(NC(=O)CCSCC(C)(C)C)C(=O)O)C(=O)O)C(C)C. The number of rotatable bonds is 22. The largest absolute Gasteiger partial charge is 0.480 e. The molecule has 0 aromatic heterocycles. The maximum Gasteiger partial charge on any atom is 0.328 e. The molecule has 4 atom stereocenters. The Hall–Kier alpha value is -3.01. The van der Waals surface area contributed by atoms with Crippen LogP contribution in [0.4, 0.5) is 0 Å². The molecular formula is C30H53N5O9S2. The van der Waals surface area contributed by atoms with E-state index in [2.05, 4.69) is 47.4 Å². The lowest BCUT2D eigenvalue weighted by Gasteiger charge is -2.24. The first-order chi connectivity index (χ1) is 21.2. The van der Waals surface area contributed by atoms with Gasteiger partial charge in [0, 0.05) is 30.9 Å². The number of aliphatic carboxylic acids is 2. The molecule has 264 valence electrons. The summed E-state index contributed by atoms with van der Waals surface area (Å²) in [4.78, 5) is 85.5. The zero-order valence-corrected chi connectivity index (χ0v) is 29.8. The Balaban J connectivity index is 4.79. The van der Waals surface area contributed by atoms with Gasteiger partial charge in [-0.3, -0.25) is 24.0 Å². The standard InChI is InChI=1S/C30H53N5O9S2/c1-17(2)9-10-22(36)35-25(18(3)4)27(40)32-19(5)26(39)34-21(29(43)44)14-46-15-24(38)31-13-20(28(41)42)33-23(37)11-12-45-16-30(6,7)8/h17-21,25H,9-16H2,1-8H3,(H,31,38)(H,32,40)(H,33,37)(H,34,39)(H,35,36)(H,41,42)(H,43,44)/t19-,20?,21?,25-/m0/s1. The molecule has 0 aromatic rings. The summed E-state index contributed by atoms with van der Waals surface area (Å²) < 4.78 is 0. The van der Waals surface area contributed by atoms with Crippen molar-refractivity contribution < 1.29 is 43.8 Å². The third-order valence-electron chi connectivity index (χ3n) is 6.24. The molecule has 14 nitrogen and oxygen atoms in total. The first kappa shape index (κ1) is 43.0. The molecule has 0 saturated heterocycles. The van der Waals surface area contributed by atoms with E-state index in [1.54, 1.807) is 25.6 Å². The van der Waals surface area contributed by atoms with Gasteiger partial charge in [-0.05, 0) is 36.3 Å². The summed E-state index contributed by atoms with van der Waals surface area (Å²) in [6, 6.07) is -4.72. The highest BCUT2D eigenvalue weighted by Gasteiger charge is 2.29. The first-order valence-electron chi connectivity index (χ1n) is 15.3. The molecule has 0 rings (SSSR count). The Morgan fingerprint density at radius 1 is 0.696 bits per heavy atom. The normalized spacial score (nSPS) is 14.0. The van der Waals surface area contributed by atoms with Crippen molar-refractivity contribution in [2.75, 3.05) is 29.6 Å². The van der Waals surface area contributed by atoms with Crippen LogP contribution in [0, 0.1) is 17.3 Å². The average molecular weight is 692 g/mol. The molecule has 0 spiro atoms. The summed E-state index contributed by atoms with van der Waals surface area (Å²) in [6.07, 6.45) is 1.05. The van der Waals surface area contributed by atoms with Crippen molar-refractivity contribution >= 4 is 65.0 Å². The van der Waals surface area contributed by atoms with Crippen LogP contribution in [0.25, 0.3) is 0 Å². The van der Waals surface area contributed by atoms with Crippen molar-refractivity contribution in [2.24, 2.45) is 17.3 Å². The van der Waals surface area contributed by atoms with E-state index in [4.69, 9.17) is 0 Å². The van der Waals surface area contributed by atoms with Crippen LogP contribution in [0.15, 0.2) is 0 Å². The second kappa shape index (κ2) is 21.7. The molecule has 0 aliphatic rings. The molecule has 0 aliphatic carbocycles. The van der Waals surface area contributed by atoms with Gasteiger partial charge in [-0.1, -0.05) is 48.5 Å². The minimum Gasteiger partial charge on any atom is -0.480 e. The summed E-state index contributed by atoms with van der Waals surface area (Å²) >= 11 is 2.48. The van der Waals surface area contributed by atoms with Gasteiger partial charge in [0.05, 0.1) is 5.75 Å². The van der Waals surface area contributed by atoms with Gasteiger partial charge in [0.25, 0.3) is 0 Å². The molecule has 0 aromatic carbocycles. The summed E-state index contributed by atoms with van der Waals surface area (Å²) in [5.74, 6) is -4.34. The van der Waals surface area contributed by atoms with E-state index in [1.807, 2.05) is 13.8 Å². The van der Waals surface area contributed by atoms with Crippen molar-refractivity contribution in [2.45, 2.75) is 98.8 Å². The van der Waals surface area contributed by atoms with Crippen molar-refractivity contribution in [1.29, 1.82) is 0 Å². The van der Waals surface area contributed by atoms with Gasteiger partial charge in [0.1, 0.15) is 24.2 Å². The number of carboxylic acids is 2. The number of carbonyl (C=O) groups is 7. The minimum absolute atomic E-state index is 0.101. The Morgan fingerprint density at radius 3 is 1.80 bits per heavy atom. The zero-order valence-electron chi connectivity index (χ0n) is 28.2. The van der Waals surface area contributed by atoms with Gasteiger partial charge in [0.15, 0.2) is 0 Å². The molecule has 2 unspecified atom stereocenters. The Kier molecular flexibility index (Phi) is 20.3. The van der Waals surface area contributed by atoms with Crippen molar-refractivity contribution in [1.82, 2.24) is 26.6 Å². The Bertz CT molecular complexity index is 1050. The molecule has 7 N–H and O–H groups in total. The van der Waals surface area contributed by atoms with E-state index in [0.29, 0.717) is 18.1 Å². The molecule has 0 radical (unpaired) electrons. The van der Waals surface area contributed by atoms with E-state index in [9.17, 15) is 43.8 Å². The van der Waals surface area contributed by atoms with Crippen LogP contribution in [-0.2, 0) is 33.6 Å². The quantitative estimate of drug-likeness (QED) is 0.0801. The second-order valence-electron chi connectivity index (χ2n) is 13.0. The van der Waals surface area contributed by atoms with Gasteiger partial charge >= 0.3 is 11.9 Å². The fourth-order valence-corrected chi connectivity index (χ4v) is 5.54. The van der Waals surface area contributed by atoms with E-state index >= 15 is 0 Å². The second-order valence-corrected chi connectivity index (χ2v) is 15.1. The molecular weight excluding hydrogens is 638 g/mol. The molecule has 0 saturated carbocycles. The van der Waals surface area contributed by atoms with Crippen LogP contribution < -0.4 is 26.6 Å². The van der Waals surface area contributed by atoms with Crippen molar-refractivity contribution in [3.8, 4) is 0 Å². The number of carboxylic acid groups (broad SMARTS) is 2. The van der Waals surface area contributed by atoms with Crippen molar-refractivity contribution in [3.05, 3.63) is 0 Å². The zero-order chi connectivity index (χ0) is 35.6. The molecule has 46 heavy (non-hydrogen) atoms. The number of thioether (sulfide) groups is 2. The van der Waals surface area contributed by atoms with Crippen LogP contribution in [0.3, 0.4) is 0 Å². The maximum atomic E-state index is 12.8. The highest BCUT2D eigenvalue weighted by atomic mass is 32.2. The van der Waals surface area contributed by atoms with Crippen LogP contribution >= 0.6 is 23.5 Å². The summed E-state index contributed by atoms with van der Waals surface area (Å²) in [5, 5.41) is 31.3. The predicted octanol–water partition coefficient (Wildman–Crippen LogP) is 1.23. The fourth-order valence-electron chi connectivity index (χ4n) is 3.59. The average Bonchev–Trinajstić information content (AvgIpc) is 2.93. The number of hydrogen-bond acceptors (Lipinski definition) is 9. The molecule has 16 heteroatoms. The minimum atomic E-state index is -1.39. The maximum absolute atomic E-state index is 12.8. The number of hydrogen-bond donors (Lipinski definition) is 7. The number of carbonyl (C=O) groups excluding carboxylic acids is 5. The monoisotopic (exact) mass is 691 g/mol. The predicted molar refractivity (Wildman–Crippen MR) is 179 cm³/mol. The third-order valence-corrected chi connectivity index (χ3v) is 8.84. The molecule has 0 fully saturated rings. The van der Waals surface area contributed by atoms with E-state index in [-0.39, 0.29) is 48.1 Å². The van der Waals surface area contributed by atoms with Crippen LogP contribution in [-0.4, -0.2) is 105 Å². The lowest BCUT2D eigenvalue weighted by Crippen LogP contribution is -2.56. The van der Waals surface area contributed by atoms with E-state index < -0.39 is 59.7 Å². The lowest BCUT2D eigenvalue weighted by molar-refractivity contribution is -0.142. The molecule has 5 amide bonds. The fraction of sp³-hybridized carbons (Fsp3) is 0.767. The van der Waals surface area contributed by atoms with Crippen LogP contribution in [0.1, 0.15) is 74.7 Å². The molecule has 0 bridgehead atoms. The van der Waals surface area contributed by atoms with Gasteiger partial charge in [-0.25, -0.2) is 9.59 Å². The Labute approximate surface area is 280 Å². The van der Waals surface area contributed by atoms with Gasteiger partial charge in [-0.2, -0.15) is 11.8 Å². The van der Waals surface area contributed by atoms with Crippen LogP contribution in [0.5, 0.6) is 0 Å². The smallest absolute Gasteiger partial charge is 0.328 e. The first-order valence-corrected chi connectivity index (χ1v) is 17.6. The topological polar surface area (TPSA) is 220 Å². The summed E-state index contributed by atoms with van der Waals surface area (Å²) in [6.45, 7) is 14.7. The number of nitrogens with one attached hydrogen (secondary N) is 5. The van der Waals surface area contributed by atoms with Crippen LogP contribution in [0.2, 0.25) is 0 Å². The van der Waals surface area contributed by atoms with Crippen molar-refractivity contribution in [3.63, 3.8) is 0 Å². The van der Waals surface area contributed by atoms with Gasteiger partial charge < -0.3 is 36.8 Å². The summed E-state index contributed by atoms with van der Waals surface area (Å²) in [7, 11) is 0. The summed E-state index contributed by atoms with van der Waals surface area (Å²) in [5.41, 5.74) is 0.101. The molecule has 0 heterocycles. The van der Waals surface area contributed by atoms with E-state index in [1.165, 1.54) is 6.92 Å². The lowest BCUT2D eigenvalue weighted by atomic mass is 10.0.